The van der Waals surface area contributed by atoms with Gasteiger partial charge in [-0.1, -0.05) is 38.5 Å². The molecule has 0 saturated heterocycles. The maximum atomic E-state index is 12.2. The first-order valence-corrected chi connectivity index (χ1v) is 7.50. The number of carboxylic acids is 1. The van der Waals surface area contributed by atoms with Crippen LogP contribution in [0.5, 0.6) is 0 Å². The van der Waals surface area contributed by atoms with Crippen LogP contribution in [-0.2, 0) is 4.79 Å². The number of nitrogens with one attached hydrogen (secondary N) is 1. The van der Waals surface area contributed by atoms with E-state index in [0.29, 0.717) is 5.56 Å². The van der Waals surface area contributed by atoms with Gasteiger partial charge in [0.25, 0.3) is 5.91 Å². The Labute approximate surface area is 132 Å². The van der Waals surface area contributed by atoms with Crippen LogP contribution in [0.15, 0.2) is 36.4 Å². The predicted molar refractivity (Wildman–Crippen MR) is 86.6 cm³/mol. The Morgan fingerprint density at radius 3 is 2.60 bits per heavy atom. The van der Waals surface area contributed by atoms with Crippen LogP contribution in [0.3, 0.4) is 0 Å². The molecular weight excluding hydrogens is 369 g/mol. The van der Waals surface area contributed by atoms with E-state index >= 15 is 0 Å². The number of carbonyl (C=O) groups is 2. The number of hydrogen-bond acceptors (Lipinski definition) is 2. The van der Waals surface area contributed by atoms with Gasteiger partial charge in [0.05, 0.1) is 11.6 Å². The van der Waals surface area contributed by atoms with Crippen molar-refractivity contribution < 1.29 is 14.7 Å². The largest absolute Gasteiger partial charge is 0.478 e. The van der Waals surface area contributed by atoms with E-state index in [2.05, 4.69) is 27.9 Å². The van der Waals surface area contributed by atoms with Crippen LogP contribution < -0.4 is 5.32 Å². The van der Waals surface area contributed by atoms with E-state index in [4.69, 9.17) is 5.11 Å². The van der Waals surface area contributed by atoms with Crippen LogP contribution in [0, 0.1) is 9.49 Å². The van der Waals surface area contributed by atoms with Crippen molar-refractivity contribution in [2.24, 2.45) is 5.92 Å². The fourth-order valence-corrected chi connectivity index (χ4v) is 2.33. The Balaban J connectivity index is 2.87. The molecule has 0 unspecified atom stereocenters. The predicted octanol–water partition coefficient (Wildman–Crippen LogP) is 3.08. The highest BCUT2D eigenvalue weighted by atomic mass is 127. The van der Waals surface area contributed by atoms with Gasteiger partial charge in [-0.3, -0.25) is 4.79 Å². The first-order valence-electron chi connectivity index (χ1n) is 6.42. The first kappa shape index (κ1) is 16.7. The normalized spacial score (nSPS) is 13.9. The number of aliphatic carboxylic acids is 1. The number of carboxylic acid groups (broad SMARTS) is 1. The second-order valence-electron chi connectivity index (χ2n) is 4.56. The molecule has 0 bridgehead atoms. The number of benzene rings is 1. The molecule has 0 radical (unpaired) electrons. The minimum absolute atomic E-state index is 0.163. The third-order valence-electron chi connectivity index (χ3n) is 3.12. The van der Waals surface area contributed by atoms with Gasteiger partial charge in [0.2, 0.25) is 0 Å². The second-order valence-corrected chi connectivity index (χ2v) is 5.72. The summed E-state index contributed by atoms with van der Waals surface area (Å²) in [6, 6.07) is 7.00. The van der Waals surface area contributed by atoms with Gasteiger partial charge < -0.3 is 10.4 Å². The molecule has 20 heavy (non-hydrogen) atoms. The Bertz CT molecular complexity index is 514. The van der Waals surface area contributed by atoms with E-state index in [9.17, 15) is 9.59 Å². The van der Waals surface area contributed by atoms with Crippen LogP contribution in [0.25, 0.3) is 0 Å². The van der Waals surface area contributed by atoms with Crippen molar-refractivity contribution in [2.75, 3.05) is 0 Å². The molecule has 1 rings (SSSR count). The van der Waals surface area contributed by atoms with E-state index in [1.807, 2.05) is 32.0 Å². The van der Waals surface area contributed by atoms with Crippen LogP contribution in [0.1, 0.15) is 30.6 Å². The van der Waals surface area contributed by atoms with E-state index in [-0.39, 0.29) is 17.9 Å². The van der Waals surface area contributed by atoms with Crippen molar-refractivity contribution in [3.05, 3.63) is 45.6 Å². The zero-order valence-electron chi connectivity index (χ0n) is 11.5. The summed E-state index contributed by atoms with van der Waals surface area (Å²) in [5.74, 6) is -1.03. The Morgan fingerprint density at radius 1 is 1.40 bits per heavy atom. The lowest BCUT2D eigenvalue weighted by atomic mass is 9.98. The lowest BCUT2D eigenvalue weighted by molar-refractivity contribution is -0.131. The van der Waals surface area contributed by atoms with Gasteiger partial charge >= 0.3 is 5.97 Å². The summed E-state index contributed by atoms with van der Waals surface area (Å²) < 4.78 is 0.868. The number of rotatable bonds is 6. The highest BCUT2D eigenvalue weighted by molar-refractivity contribution is 14.1. The molecule has 108 valence electrons. The molecule has 0 aliphatic heterocycles. The van der Waals surface area contributed by atoms with E-state index in [1.54, 1.807) is 6.07 Å². The molecule has 1 amide bonds. The van der Waals surface area contributed by atoms with Gasteiger partial charge in [0, 0.05) is 9.65 Å². The van der Waals surface area contributed by atoms with Gasteiger partial charge in [-0.25, -0.2) is 4.79 Å². The summed E-state index contributed by atoms with van der Waals surface area (Å²) >= 11 is 2.11. The topological polar surface area (TPSA) is 66.4 Å². The standard InChI is InChI=1S/C15H18INO3/c1-3-10(2)13(8-9-14(18)19)17-15(20)11-6-4-5-7-12(11)16/h4-10,13H,3H2,1-2H3,(H,17,20)(H,18,19)/t10-,13+/m0/s1. The van der Waals surface area contributed by atoms with Crippen LogP contribution in [0.2, 0.25) is 0 Å². The summed E-state index contributed by atoms with van der Waals surface area (Å²) in [6.07, 6.45) is 3.46. The Hall–Kier alpha value is -1.37. The fraction of sp³-hybridized carbons (Fsp3) is 0.333. The van der Waals surface area contributed by atoms with E-state index < -0.39 is 5.97 Å². The summed E-state index contributed by atoms with van der Waals surface area (Å²) in [4.78, 5) is 22.9. The molecule has 0 aliphatic rings. The molecule has 5 heteroatoms. The van der Waals surface area contributed by atoms with Crippen LogP contribution in [0.4, 0.5) is 0 Å². The van der Waals surface area contributed by atoms with Gasteiger partial charge in [0.1, 0.15) is 0 Å². The molecule has 1 aromatic rings. The summed E-state index contributed by atoms with van der Waals surface area (Å²) in [5, 5.41) is 11.6. The summed E-state index contributed by atoms with van der Waals surface area (Å²) in [6.45, 7) is 3.98. The molecule has 4 nitrogen and oxygen atoms in total. The van der Waals surface area contributed by atoms with Crippen LogP contribution >= 0.6 is 22.6 Å². The van der Waals surface area contributed by atoms with Crippen molar-refractivity contribution in [3.63, 3.8) is 0 Å². The molecule has 1 aromatic carbocycles. The third-order valence-corrected chi connectivity index (χ3v) is 4.06. The van der Waals surface area contributed by atoms with Crippen molar-refractivity contribution in [1.29, 1.82) is 0 Å². The molecule has 0 fully saturated rings. The Kier molecular flexibility index (Phi) is 6.70. The molecule has 0 aliphatic carbocycles. The van der Waals surface area contributed by atoms with Gasteiger partial charge in [0.15, 0.2) is 0 Å². The molecule has 2 atom stereocenters. The molecule has 0 heterocycles. The molecular formula is C15H18INO3. The van der Waals surface area contributed by atoms with Crippen molar-refractivity contribution in [3.8, 4) is 0 Å². The zero-order chi connectivity index (χ0) is 15.1. The highest BCUT2D eigenvalue weighted by Crippen LogP contribution is 2.14. The highest BCUT2D eigenvalue weighted by Gasteiger charge is 2.18. The monoisotopic (exact) mass is 387 g/mol. The maximum Gasteiger partial charge on any atom is 0.328 e. The SMILES string of the molecule is CC[C@H](C)[C@@H](C=CC(=O)O)NC(=O)c1ccccc1I. The Morgan fingerprint density at radius 2 is 2.05 bits per heavy atom. The van der Waals surface area contributed by atoms with E-state index in [0.717, 1.165) is 16.1 Å². The first-order chi connectivity index (χ1) is 9.45. The fourth-order valence-electron chi connectivity index (χ4n) is 1.69. The molecule has 0 saturated carbocycles. The number of amides is 1. The maximum absolute atomic E-state index is 12.2. The summed E-state index contributed by atoms with van der Waals surface area (Å²) in [7, 11) is 0. The number of halogens is 1. The van der Waals surface area contributed by atoms with Gasteiger partial charge in [-0.2, -0.15) is 0 Å². The van der Waals surface area contributed by atoms with Crippen molar-refractivity contribution in [2.45, 2.75) is 26.3 Å². The zero-order valence-corrected chi connectivity index (χ0v) is 13.6. The van der Waals surface area contributed by atoms with Crippen LogP contribution in [-0.4, -0.2) is 23.0 Å². The number of carbonyl (C=O) groups excluding carboxylic acids is 1. The van der Waals surface area contributed by atoms with Crippen molar-refractivity contribution >= 4 is 34.5 Å². The van der Waals surface area contributed by atoms with Crippen molar-refractivity contribution in [1.82, 2.24) is 5.32 Å². The minimum Gasteiger partial charge on any atom is -0.478 e. The third kappa shape index (κ3) is 4.96. The number of hydrogen-bond donors (Lipinski definition) is 2. The molecule has 0 aromatic heterocycles. The molecule has 0 spiro atoms. The van der Waals surface area contributed by atoms with Gasteiger partial charge in [-0.15, -0.1) is 0 Å². The summed E-state index contributed by atoms with van der Waals surface area (Å²) in [5.41, 5.74) is 0.602. The second kappa shape index (κ2) is 8.04. The lowest BCUT2D eigenvalue weighted by Crippen LogP contribution is -2.38. The average Bonchev–Trinajstić information content (AvgIpc) is 2.42. The minimum atomic E-state index is -1.01. The quantitative estimate of drug-likeness (QED) is 0.583. The smallest absolute Gasteiger partial charge is 0.328 e. The average molecular weight is 387 g/mol. The van der Waals surface area contributed by atoms with E-state index in [1.165, 1.54) is 6.08 Å². The molecule has 2 N–H and O–H groups in total. The lowest BCUT2D eigenvalue weighted by Gasteiger charge is -2.21. The van der Waals surface area contributed by atoms with Gasteiger partial charge in [-0.05, 0) is 40.6 Å².